The van der Waals surface area contributed by atoms with E-state index >= 15 is 0 Å². The number of hydrogen-bond donors (Lipinski definition) is 2. The minimum Gasteiger partial charge on any atom is -0.396 e. The number of anilines is 2. The van der Waals surface area contributed by atoms with Crippen molar-refractivity contribution in [3.8, 4) is 0 Å². The van der Waals surface area contributed by atoms with E-state index in [-0.39, 0.29) is 35.9 Å². The van der Waals surface area contributed by atoms with Gasteiger partial charge < -0.3 is 15.3 Å². The molecule has 2 bridgehead atoms. The predicted molar refractivity (Wildman–Crippen MR) is 130 cm³/mol. The van der Waals surface area contributed by atoms with Crippen molar-refractivity contribution in [2.75, 3.05) is 23.4 Å². The SMILES string of the molecule is O=C(Nc1cn(C2CCC(CCO)CC2)nc1C(F)F)c1cnn2ccc(N3C[C@H]4C[C@@H]3CC4=O)nc12. The van der Waals surface area contributed by atoms with Crippen LogP contribution in [-0.4, -0.2) is 60.4 Å². The zero-order valence-electron chi connectivity index (χ0n) is 20.3. The Morgan fingerprint density at radius 2 is 2.03 bits per heavy atom. The Labute approximate surface area is 211 Å². The molecule has 196 valence electrons. The number of aliphatic hydroxyl groups is 1. The van der Waals surface area contributed by atoms with Crippen molar-refractivity contribution in [1.82, 2.24) is 24.4 Å². The van der Waals surface area contributed by atoms with Crippen molar-refractivity contribution >= 4 is 28.8 Å². The zero-order chi connectivity index (χ0) is 25.7. The van der Waals surface area contributed by atoms with Gasteiger partial charge in [-0.15, -0.1) is 0 Å². The molecular weight excluding hydrogens is 484 g/mol. The molecule has 3 aliphatic rings. The number of Topliss-reactive ketones (excluding diaryl/α,β-unsaturated/α-hetero) is 1. The molecule has 3 aromatic heterocycles. The molecule has 10 nitrogen and oxygen atoms in total. The van der Waals surface area contributed by atoms with E-state index in [0.29, 0.717) is 36.1 Å². The zero-order valence-corrected chi connectivity index (χ0v) is 20.3. The van der Waals surface area contributed by atoms with E-state index in [1.807, 2.05) is 0 Å². The number of nitrogens with zero attached hydrogens (tertiary/aromatic N) is 6. The van der Waals surface area contributed by atoms with E-state index in [4.69, 9.17) is 5.11 Å². The first kappa shape index (κ1) is 24.0. The van der Waals surface area contributed by atoms with Crippen molar-refractivity contribution in [3.05, 3.63) is 35.9 Å². The fraction of sp³-hybridized carbons (Fsp3) is 0.560. The van der Waals surface area contributed by atoms with Crippen LogP contribution in [0.15, 0.2) is 24.7 Å². The van der Waals surface area contributed by atoms with E-state index in [1.54, 1.807) is 16.9 Å². The maximum Gasteiger partial charge on any atom is 0.284 e. The van der Waals surface area contributed by atoms with Crippen LogP contribution in [0.4, 0.5) is 20.3 Å². The van der Waals surface area contributed by atoms with Crippen LogP contribution < -0.4 is 10.2 Å². The highest BCUT2D eigenvalue weighted by molar-refractivity contribution is 6.08. The normalized spacial score (nSPS) is 25.5. The fourth-order valence-corrected chi connectivity index (χ4v) is 6.12. The number of hydrogen-bond acceptors (Lipinski definition) is 7. The summed E-state index contributed by atoms with van der Waals surface area (Å²) in [5.41, 5.74) is -0.00544. The number of alkyl halides is 2. The summed E-state index contributed by atoms with van der Waals surface area (Å²) < 4.78 is 30.7. The molecule has 2 N–H and O–H groups in total. The van der Waals surface area contributed by atoms with Crippen molar-refractivity contribution in [1.29, 1.82) is 0 Å². The number of carbonyl (C=O) groups is 2. The Hall–Kier alpha value is -3.41. The molecule has 2 saturated carbocycles. The summed E-state index contributed by atoms with van der Waals surface area (Å²) in [5.74, 6) is 0.839. The summed E-state index contributed by atoms with van der Waals surface area (Å²) in [6.07, 6.45) is 7.17. The molecule has 2 aliphatic carbocycles. The van der Waals surface area contributed by atoms with Gasteiger partial charge in [0.15, 0.2) is 11.3 Å². The first-order valence-electron chi connectivity index (χ1n) is 12.8. The third kappa shape index (κ3) is 4.36. The minimum absolute atomic E-state index is 0.0247. The number of aromatic nitrogens is 5. The average Bonchev–Trinajstić information content (AvgIpc) is 3.66. The minimum atomic E-state index is -2.84. The van der Waals surface area contributed by atoms with Gasteiger partial charge in [0.05, 0.1) is 17.9 Å². The van der Waals surface area contributed by atoms with Gasteiger partial charge in [0.25, 0.3) is 12.3 Å². The molecule has 6 rings (SSSR count). The van der Waals surface area contributed by atoms with Gasteiger partial charge in [0, 0.05) is 43.9 Å². The molecule has 4 heterocycles. The van der Waals surface area contributed by atoms with Crippen LogP contribution in [0.25, 0.3) is 5.65 Å². The first-order valence-corrected chi connectivity index (χ1v) is 12.8. The number of piperidine rings is 1. The number of nitrogens with one attached hydrogen (secondary N) is 1. The van der Waals surface area contributed by atoms with Crippen LogP contribution in [0.3, 0.4) is 0 Å². The van der Waals surface area contributed by atoms with Gasteiger partial charge in [-0.3, -0.25) is 14.3 Å². The van der Waals surface area contributed by atoms with Crippen LogP contribution in [0.2, 0.25) is 0 Å². The molecule has 3 fully saturated rings. The Kier molecular flexibility index (Phi) is 6.13. The van der Waals surface area contributed by atoms with Crippen LogP contribution in [0, 0.1) is 11.8 Å². The third-order valence-electron chi connectivity index (χ3n) is 8.14. The molecule has 0 spiro atoms. The largest absolute Gasteiger partial charge is 0.396 e. The Balaban J connectivity index is 1.22. The molecule has 0 radical (unpaired) electrons. The summed E-state index contributed by atoms with van der Waals surface area (Å²) in [6, 6.07) is 1.90. The topological polar surface area (TPSA) is 118 Å². The number of rotatable bonds is 7. The van der Waals surface area contributed by atoms with Gasteiger partial charge in [-0.25, -0.2) is 18.3 Å². The number of halogens is 2. The lowest BCUT2D eigenvalue weighted by molar-refractivity contribution is -0.120. The summed E-state index contributed by atoms with van der Waals surface area (Å²) in [6.45, 7) is 0.767. The fourth-order valence-electron chi connectivity index (χ4n) is 6.12. The van der Waals surface area contributed by atoms with E-state index in [9.17, 15) is 18.4 Å². The quantitative estimate of drug-likeness (QED) is 0.497. The lowest BCUT2D eigenvalue weighted by atomic mass is 9.84. The molecule has 37 heavy (non-hydrogen) atoms. The van der Waals surface area contributed by atoms with Gasteiger partial charge in [0.1, 0.15) is 17.2 Å². The Morgan fingerprint density at radius 3 is 2.70 bits per heavy atom. The number of amides is 1. The first-order chi connectivity index (χ1) is 17.9. The maximum atomic E-state index is 13.8. The molecule has 0 unspecified atom stereocenters. The third-order valence-corrected chi connectivity index (χ3v) is 8.14. The second-order valence-corrected chi connectivity index (χ2v) is 10.4. The van der Waals surface area contributed by atoms with Gasteiger partial charge in [-0.2, -0.15) is 10.2 Å². The van der Waals surface area contributed by atoms with Gasteiger partial charge >= 0.3 is 0 Å². The molecule has 1 aliphatic heterocycles. The molecule has 1 saturated heterocycles. The van der Waals surface area contributed by atoms with Crippen LogP contribution in [-0.2, 0) is 4.79 Å². The van der Waals surface area contributed by atoms with Crippen LogP contribution in [0.1, 0.15) is 73.5 Å². The highest BCUT2D eigenvalue weighted by Gasteiger charge is 2.44. The molecular formula is C25H29F2N7O3. The Bertz CT molecular complexity index is 1330. The lowest BCUT2D eigenvalue weighted by Gasteiger charge is -2.28. The molecule has 1 amide bonds. The monoisotopic (exact) mass is 513 g/mol. The van der Waals surface area contributed by atoms with E-state index in [2.05, 4.69) is 25.4 Å². The van der Waals surface area contributed by atoms with Crippen LogP contribution >= 0.6 is 0 Å². The standard InChI is InChI=1S/C25H29F2N7O3/c26-23(27)22-19(13-34(31-22)16-3-1-14(2-4-16)6-8-35)29-25(37)18-11-28-33-7-5-21(30-24(18)33)32-12-15-9-17(32)10-20(15)36/h5,7,11,13-17,23,35H,1-4,6,8-10,12H2,(H,29,37)/t14?,15-,16?,17-/m1/s1. The van der Waals surface area contributed by atoms with Gasteiger partial charge in [-0.05, 0) is 50.5 Å². The molecule has 12 heteroatoms. The van der Waals surface area contributed by atoms with Crippen molar-refractivity contribution < 1.29 is 23.5 Å². The summed E-state index contributed by atoms with van der Waals surface area (Å²) in [5, 5.41) is 20.1. The number of ketones is 1. The van der Waals surface area contributed by atoms with Crippen LogP contribution in [0.5, 0.6) is 0 Å². The molecule has 3 aromatic rings. The second kappa shape index (κ2) is 9.47. The Morgan fingerprint density at radius 1 is 1.22 bits per heavy atom. The smallest absolute Gasteiger partial charge is 0.284 e. The summed E-state index contributed by atoms with van der Waals surface area (Å²) in [4.78, 5) is 31.9. The highest BCUT2D eigenvalue weighted by atomic mass is 19.3. The van der Waals surface area contributed by atoms with Crippen molar-refractivity contribution in [2.45, 2.75) is 63.5 Å². The number of carbonyl (C=O) groups excluding carboxylic acids is 2. The highest BCUT2D eigenvalue weighted by Crippen LogP contribution is 2.38. The number of fused-ring (bicyclic) bond motifs is 3. The average molecular weight is 514 g/mol. The molecule has 0 aromatic carbocycles. The van der Waals surface area contributed by atoms with E-state index in [0.717, 1.165) is 38.5 Å². The summed E-state index contributed by atoms with van der Waals surface area (Å²) >= 11 is 0. The number of aliphatic hydroxyl groups excluding tert-OH is 1. The second-order valence-electron chi connectivity index (χ2n) is 10.4. The lowest BCUT2D eigenvalue weighted by Crippen LogP contribution is -2.36. The predicted octanol–water partition coefficient (Wildman–Crippen LogP) is 3.40. The van der Waals surface area contributed by atoms with Gasteiger partial charge in [0.2, 0.25) is 0 Å². The van der Waals surface area contributed by atoms with E-state index < -0.39 is 18.0 Å². The molecule has 2 atom stereocenters. The van der Waals surface area contributed by atoms with E-state index in [1.165, 1.54) is 16.9 Å². The maximum absolute atomic E-state index is 13.8. The van der Waals surface area contributed by atoms with Crippen molar-refractivity contribution in [3.63, 3.8) is 0 Å². The summed E-state index contributed by atoms with van der Waals surface area (Å²) in [7, 11) is 0. The van der Waals surface area contributed by atoms with Crippen molar-refractivity contribution in [2.24, 2.45) is 11.8 Å². The van der Waals surface area contributed by atoms with Gasteiger partial charge in [-0.1, -0.05) is 0 Å².